The summed E-state index contributed by atoms with van der Waals surface area (Å²) in [5.41, 5.74) is 8.45. The lowest BCUT2D eigenvalue weighted by Crippen LogP contribution is -2.45. The second-order valence-electron chi connectivity index (χ2n) is 5.31. The maximum Gasteiger partial charge on any atom is 0.173 e. The lowest BCUT2D eigenvalue weighted by molar-refractivity contribution is 0.312. The van der Waals surface area contributed by atoms with Crippen molar-refractivity contribution in [3.63, 3.8) is 0 Å². The highest BCUT2D eigenvalue weighted by atomic mass is 16.4. The van der Waals surface area contributed by atoms with Crippen molar-refractivity contribution in [1.82, 2.24) is 9.88 Å². The fraction of sp³-hybridized carbons (Fsp3) is 0.333. The molecule has 0 amide bonds. The monoisotopic (exact) mass is 285 g/mol. The van der Waals surface area contributed by atoms with Gasteiger partial charge in [-0.1, -0.05) is 23.4 Å². The topological polar surface area (TPSA) is 78.0 Å². The molecule has 2 heterocycles. The molecule has 0 spiro atoms. The van der Waals surface area contributed by atoms with E-state index in [0.29, 0.717) is 5.56 Å². The Hall–Kier alpha value is -2.34. The van der Waals surface area contributed by atoms with Crippen molar-refractivity contribution >= 4 is 22.4 Å². The molecule has 1 aromatic heterocycles. The van der Waals surface area contributed by atoms with Gasteiger partial charge in [0, 0.05) is 37.8 Å². The Bertz CT molecular complexity index is 677. The van der Waals surface area contributed by atoms with Gasteiger partial charge in [0.15, 0.2) is 5.84 Å². The van der Waals surface area contributed by atoms with Crippen LogP contribution in [0.5, 0.6) is 0 Å². The maximum atomic E-state index is 9.03. The Kier molecular flexibility index (Phi) is 3.62. The maximum absolute atomic E-state index is 9.03. The molecule has 0 radical (unpaired) electrons. The normalized spacial score (nSPS) is 17.4. The van der Waals surface area contributed by atoms with Crippen LogP contribution in [-0.2, 0) is 0 Å². The van der Waals surface area contributed by atoms with E-state index in [1.807, 2.05) is 24.3 Å². The van der Waals surface area contributed by atoms with E-state index in [1.54, 1.807) is 6.20 Å². The highest BCUT2D eigenvalue weighted by Crippen LogP contribution is 2.30. The smallest absolute Gasteiger partial charge is 0.173 e. The first kappa shape index (κ1) is 13.6. The summed E-state index contributed by atoms with van der Waals surface area (Å²) in [7, 11) is 2.12. The number of hydrogen-bond donors (Lipinski definition) is 2. The number of amidine groups is 1. The Balaban J connectivity index is 2.16. The molecule has 1 aliphatic heterocycles. The van der Waals surface area contributed by atoms with E-state index in [2.05, 4.69) is 27.0 Å². The van der Waals surface area contributed by atoms with Gasteiger partial charge in [-0.05, 0) is 13.1 Å². The van der Waals surface area contributed by atoms with Gasteiger partial charge < -0.3 is 20.7 Å². The van der Waals surface area contributed by atoms with Crippen LogP contribution in [0.1, 0.15) is 5.56 Å². The van der Waals surface area contributed by atoms with Crippen molar-refractivity contribution in [3.05, 3.63) is 36.0 Å². The number of nitrogens with zero attached hydrogens (tertiary/aromatic N) is 4. The number of anilines is 1. The lowest BCUT2D eigenvalue weighted by Gasteiger charge is -2.35. The molecule has 0 aliphatic carbocycles. The summed E-state index contributed by atoms with van der Waals surface area (Å²) < 4.78 is 0. The largest absolute Gasteiger partial charge is 0.409 e. The molecule has 1 saturated heterocycles. The quantitative estimate of drug-likeness (QED) is 0.374. The van der Waals surface area contributed by atoms with Gasteiger partial charge in [0.1, 0.15) is 0 Å². The molecule has 1 aromatic carbocycles. The Morgan fingerprint density at radius 1 is 1.24 bits per heavy atom. The number of piperazine rings is 1. The van der Waals surface area contributed by atoms with E-state index in [9.17, 15) is 0 Å². The van der Waals surface area contributed by atoms with E-state index in [1.165, 1.54) is 0 Å². The van der Waals surface area contributed by atoms with Gasteiger partial charge in [-0.3, -0.25) is 4.98 Å². The zero-order valence-corrected chi connectivity index (χ0v) is 12.0. The van der Waals surface area contributed by atoms with E-state index in [-0.39, 0.29) is 5.84 Å². The summed E-state index contributed by atoms with van der Waals surface area (Å²) in [6, 6.07) is 7.96. The molecule has 0 atom stereocenters. The first-order valence-electron chi connectivity index (χ1n) is 7.00. The number of aromatic nitrogens is 1. The highest BCUT2D eigenvalue weighted by Gasteiger charge is 2.21. The first-order valence-corrected chi connectivity index (χ1v) is 7.00. The van der Waals surface area contributed by atoms with Gasteiger partial charge in [0.2, 0.25) is 0 Å². The van der Waals surface area contributed by atoms with Crippen LogP contribution >= 0.6 is 0 Å². The molecule has 1 aliphatic rings. The average molecular weight is 285 g/mol. The Labute approximate surface area is 123 Å². The Morgan fingerprint density at radius 3 is 2.67 bits per heavy atom. The molecule has 21 heavy (non-hydrogen) atoms. The summed E-state index contributed by atoms with van der Waals surface area (Å²) in [6.45, 7) is 3.81. The number of likely N-dealkylation sites (N-methyl/N-ethyl adjacent to an activating group) is 1. The van der Waals surface area contributed by atoms with Crippen LogP contribution in [0.3, 0.4) is 0 Å². The van der Waals surface area contributed by atoms with Crippen LogP contribution in [0.25, 0.3) is 10.9 Å². The summed E-state index contributed by atoms with van der Waals surface area (Å²) >= 11 is 0. The zero-order valence-electron chi connectivity index (χ0n) is 12.0. The predicted molar refractivity (Wildman–Crippen MR) is 84.0 cm³/mol. The molecule has 110 valence electrons. The molecular weight excluding hydrogens is 266 g/mol. The van der Waals surface area contributed by atoms with E-state index in [0.717, 1.165) is 42.8 Å². The van der Waals surface area contributed by atoms with Gasteiger partial charge in [-0.15, -0.1) is 0 Å². The highest BCUT2D eigenvalue weighted by molar-refractivity contribution is 6.08. The summed E-state index contributed by atoms with van der Waals surface area (Å²) in [5, 5.41) is 13.2. The number of oxime groups is 1. The van der Waals surface area contributed by atoms with Gasteiger partial charge >= 0.3 is 0 Å². The molecule has 1 fully saturated rings. The SMILES string of the molecule is CN1CCN(c2c(/C(N)=N/O)cnc3ccccc23)CC1. The fourth-order valence-electron chi connectivity index (χ4n) is 2.74. The van der Waals surface area contributed by atoms with E-state index in [4.69, 9.17) is 10.9 Å². The van der Waals surface area contributed by atoms with Crippen LogP contribution in [0.2, 0.25) is 0 Å². The van der Waals surface area contributed by atoms with E-state index >= 15 is 0 Å². The molecule has 3 rings (SSSR count). The van der Waals surface area contributed by atoms with Gasteiger partial charge in [-0.2, -0.15) is 0 Å². The van der Waals surface area contributed by atoms with Crippen molar-refractivity contribution in [2.75, 3.05) is 38.1 Å². The van der Waals surface area contributed by atoms with Gasteiger partial charge in [0.25, 0.3) is 0 Å². The summed E-state index contributed by atoms with van der Waals surface area (Å²) in [4.78, 5) is 9.00. The van der Waals surface area contributed by atoms with Crippen molar-refractivity contribution in [2.45, 2.75) is 0 Å². The molecule has 0 unspecified atom stereocenters. The van der Waals surface area contributed by atoms with Crippen molar-refractivity contribution in [3.8, 4) is 0 Å². The number of fused-ring (bicyclic) bond motifs is 1. The van der Waals surface area contributed by atoms with Gasteiger partial charge in [0.05, 0.1) is 16.8 Å². The summed E-state index contributed by atoms with van der Waals surface area (Å²) in [5.74, 6) is 0.0992. The van der Waals surface area contributed by atoms with Crippen molar-refractivity contribution in [1.29, 1.82) is 0 Å². The minimum atomic E-state index is 0.0992. The average Bonchev–Trinajstić information content (AvgIpc) is 2.54. The second kappa shape index (κ2) is 5.57. The van der Waals surface area contributed by atoms with Crippen LogP contribution in [0.4, 0.5) is 5.69 Å². The van der Waals surface area contributed by atoms with Crippen LogP contribution < -0.4 is 10.6 Å². The minimum Gasteiger partial charge on any atom is -0.409 e. The second-order valence-corrected chi connectivity index (χ2v) is 5.31. The standard InChI is InChI=1S/C15H19N5O/c1-19-6-8-20(9-7-19)14-11-4-2-3-5-13(11)17-10-12(14)15(16)18-21/h2-5,10,21H,6-9H2,1H3,(H2,16,18). The minimum absolute atomic E-state index is 0.0992. The molecule has 2 aromatic rings. The number of para-hydroxylation sites is 1. The van der Waals surface area contributed by atoms with E-state index < -0.39 is 0 Å². The number of benzene rings is 1. The van der Waals surface area contributed by atoms with Crippen molar-refractivity contribution in [2.24, 2.45) is 10.9 Å². The number of hydrogen-bond acceptors (Lipinski definition) is 5. The number of nitrogens with two attached hydrogens (primary N) is 1. The zero-order chi connectivity index (χ0) is 14.8. The van der Waals surface area contributed by atoms with Crippen molar-refractivity contribution < 1.29 is 5.21 Å². The molecule has 0 saturated carbocycles. The number of rotatable bonds is 2. The lowest BCUT2D eigenvalue weighted by atomic mass is 10.1. The first-order chi connectivity index (χ1) is 10.2. The van der Waals surface area contributed by atoms with Crippen LogP contribution in [0, 0.1) is 0 Å². The third-order valence-corrected chi connectivity index (χ3v) is 3.95. The predicted octanol–water partition coefficient (Wildman–Crippen LogP) is 1.08. The third kappa shape index (κ3) is 2.50. The molecule has 6 nitrogen and oxygen atoms in total. The molecule has 0 bridgehead atoms. The molecule has 3 N–H and O–H groups in total. The number of pyridine rings is 1. The summed E-state index contributed by atoms with van der Waals surface area (Å²) in [6.07, 6.45) is 1.69. The third-order valence-electron chi connectivity index (χ3n) is 3.95. The Morgan fingerprint density at radius 2 is 1.95 bits per heavy atom. The van der Waals surface area contributed by atoms with Gasteiger partial charge in [-0.25, -0.2) is 0 Å². The fourth-order valence-corrected chi connectivity index (χ4v) is 2.74. The molecule has 6 heteroatoms. The van der Waals surface area contributed by atoms with Crippen LogP contribution in [0.15, 0.2) is 35.6 Å². The van der Waals surface area contributed by atoms with Crippen LogP contribution in [-0.4, -0.2) is 54.2 Å². The molecular formula is C15H19N5O.